The maximum atomic E-state index is 15.2. The first-order valence-corrected chi connectivity index (χ1v) is 8.62. The summed E-state index contributed by atoms with van der Waals surface area (Å²) in [6.45, 7) is 0.788. The summed E-state index contributed by atoms with van der Waals surface area (Å²) in [4.78, 5) is 11.9. The van der Waals surface area contributed by atoms with E-state index in [0.717, 1.165) is 14.0 Å². The van der Waals surface area contributed by atoms with Gasteiger partial charge in [-0.25, -0.2) is 26.3 Å². The number of halogens is 7. The summed E-state index contributed by atoms with van der Waals surface area (Å²) in [6.07, 6.45) is 0. The SMILES string of the molecule is CN1C(=N)N(F)[C@](C)(c2ccc(F)cc2F)[C@@H](c2c(F)c(F)c(S)c(F)c2F)C1=O. The predicted molar refractivity (Wildman–Crippen MR) is 93.4 cm³/mol. The van der Waals surface area contributed by atoms with E-state index in [1.807, 2.05) is 0 Å². The van der Waals surface area contributed by atoms with Gasteiger partial charge in [0.05, 0.1) is 10.8 Å². The Labute approximate surface area is 170 Å². The number of hydrogen-bond acceptors (Lipinski definition) is 3. The van der Waals surface area contributed by atoms with Crippen molar-refractivity contribution in [3.05, 3.63) is 64.2 Å². The van der Waals surface area contributed by atoms with Crippen molar-refractivity contribution in [3.8, 4) is 0 Å². The lowest BCUT2D eigenvalue weighted by atomic mass is 9.72. The summed E-state index contributed by atoms with van der Waals surface area (Å²) in [7, 11) is 0.875. The van der Waals surface area contributed by atoms with E-state index in [2.05, 4.69) is 12.6 Å². The maximum Gasteiger partial charge on any atom is 0.239 e. The van der Waals surface area contributed by atoms with Gasteiger partial charge in [0.15, 0.2) is 23.3 Å². The van der Waals surface area contributed by atoms with Crippen molar-refractivity contribution in [2.24, 2.45) is 0 Å². The maximum absolute atomic E-state index is 15.2. The molecule has 2 aromatic rings. The summed E-state index contributed by atoms with van der Waals surface area (Å²) < 4.78 is 101. The quantitative estimate of drug-likeness (QED) is 0.308. The highest BCUT2D eigenvalue weighted by Gasteiger charge is 2.57. The molecule has 160 valence electrons. The van der Waals surface area contributed by atoms with E-state index in [0.29, 0.717) is 23.1 Å². The van der Waals surface area contributed by atoms with Gasteiger partial charge in [-0.2, -0.15) is 5.12 Å². The van der Waals surface area contributed by atoms with Crippen LogP contribution in [0.25, 0.3) is 0 Å². The molecule has 1 fully saturated rings. The van der Waals surface area contributed by atoms with E-state index in [4.69, 9.17) is 5.41 Å². The van der Waals surface area contributed by atoms with Gasteiger partial charge in [-0.05, 0) is 13.0 Å². The van der Waals surface area contributed by atoms with Gasteiger partial charge in [-0.3, -0.25) is 15.1 Å². The molecule has 0 unspecified atom stereocenters. The lowest BCUT2D eigenvalue weighted by Gasteiger charge is -2.48. The average molecular weight is 451 g/mol. The average Bonchev–Trinajstić information content (AvgIpc) is 2.70. The number of guanidine groups is 1. The zero-order valence-corrected chi connectivity index (χ0v) is 16.1. The fourth-order valence-electron chi connectivity index (χ4n) is 3.46. The molecule has 4 nitrogen and oxygen atoms in total. The van der Waals surface area contributed by atoms with Crippen LogP contribution < -0.4 is 0 Å². The van der Waals surface area contributed by atoms with Crippen LogP contribution in [0.1, 0.15) is 24.0 Å². The van der Waals surface area contributed by atoms with Crippen molar-refractivity contribution in [1.82, 2.24) is 10.0 Å². The van der Waals surface area contributed by atoms with Gasteiger partial charge >= 0.3 is 0 Å². The fraction of sp³-hybridized carbons (Fsp3) is 0.222. The smallest absolute Gasteiger partial charge is 0.239 e. The predicted octanol–water partition coefficient (Wildman–Crippen LogP) is 4.40. The van der Waals surface area contributed by atoms with E-state index >= 15 is 4.48 Å². The van der Waals surface area contributed by atoms with E-state index in [9.17, 15) is 31.1 Å². The van der Waals surface area contributed by atoms with Gasteiger partial charge in [0, 0.05) is 24.2 Å². The molecular weight excluding hydrogens is 439 g/mol. The number of carbonyl (C=O) groups excluding carboxylic acids is 1. The fourth-order valence-corrected chi connectivity index (χ4v) is 3.66. The first kappa shape index (κ1) is 21.9. The largest absolute Gasteiger partial charge is 0.283 e. The molecule has 3 rings (SSSR count). The number of nitrogens with one attached hydrogen (secondary N) is 1. The first-order chi connectivity index (χ1) is 13.8. The number of hydrogen-bond donors (Lipinski definition) is 2. The van der Waals surface area contributed by atoms with E-state index < -0.39 is 79.4 Å². The Morgan fingerprint density at radius 3 is 2.07 bits per heavy atom. The van der Waals surface area contributed by atoms with Crippen LogP contribution in [-0.4, -0.2) is 28.9 Å². The first-order valence-electron chi connectivity index (χ1n) is 8.18. The highest BCUT2D eigenvalue weighted by molar-refractivity contribution is 7.80. The third-order valence-corrected chi connectivity index (χ3v) is 5.48. The lowest BCUT2D eigenvalue weighted by Crippen LogP contribution is -2.62. The molecule has 2 atom stereocenters. The van der Waals surface area contributed by atoms with Crippen LogP contribution >= 0.6 is 12.6 Å². The molecule has 1 amide bonds. The zero-order chi connectivity index (χ0) is 22.7. The van der Waals surface area contributed by atoms with Crippen LogP contribution in [0.2, 0.25) is 0 Å². The van der Waals surface area contributed by atoms with Gasteiger partial charge in [0.1, 0.15) is 17.2 Å². The molecule has 2 aromatic carbocycles. The molecule has 0 saturated carbocycles. The molecule has 12 heteroatoms. The summed E-state index contributed by atoms with van der Waals surface area (Å²) in [6, 6.07) is 1.71. The van der Waals surface area contributed by atoms with Crippen LogP contribution in [0, 0.1) is 40.3 Å². The summed E-state index contributed by atoms with van der Waals surface area (Å²) in [5.41, 5.74) is -5.02. The standard InChI is InChI=1S/C18H12F7N3OS/c1-18(7-4-3-6(19)5-8(7)20)10(16(29)27(2)17(26)28(18)25)9-11(21)13(23)15(30)14(24)12(9)22/h3-5,10,26,30H,1-2H3/t10-,18+/m0/s1. The Hall–Kier alpha value is -2.76. The van der Waals surface area contributed by atoms with Gasteiger partial charge < -0.3 is 0 Å². The molecule has 30 heavy (non-hydrogen) atoms. The van der Waals surface area contributed by atoms with Gasteiger partial charge in [0.2, 0.25) is 11.9 Å². The third kappa shape index (κ3) is 2.84. The monoisotopic (exact) mass is 451 g/mol. The molecule has 0 spiro atoms. The second-order valence-corrected chi connectivity index (χ2v) is 7.17. The molecule has 1 aliphatic rings. The summed E-state index contributed by atoms with van der Waals surface area (Å²) in [5, 5.41) is 7.25. The van der Waals surface area contributed by atoms with Crippen molar-refractivity contribution < 1.29 is 35.6 Å². The van der Waals surface area contributed by atoms with Crippen molar-refractivity contribution in [2.45, 2.75) is 23.3 Å². The molecule has 0 bridgehead atoms. The second kappa shape index (κ2) is 7.18. The molecule has 0 aromatic heterocycles. The zero-order valence-electron chi connectivity index (χ0n) is 15.2. The number of benzene rings is 2. The van der Waals surface area contributed by atoms with Gasteiger partial charge in [-0.15, -0.1) is 12.6 Å². The number of likely N-dealkylation sites (N-methyl/N-ethyl adjacent to an activating group) is 1. The number of rotatable bonds is 2. The van der Waals surface area contributed by atoms with Crippen molar-refractivity contribution >= 4 is 24.5 Å². The highest BCUT2D eigenvalue weighted by atomic mass is 32.1. The van der Waals surface area contributed by atoms with Crippen LogP contribution in [-0.2, 0) is 10.3 Å². The Bertz CT molecular complexity index is 1070. The van der Waals surface area contributed by atoms with E-state index in [-0.39, 0.29) is 0 Å². The Morgan fingerprint density at radius 2 is 1.57 bits per heavy atom. The highest BCUT2D eigenvalue weighted by Crippen LogP contribution is 2.49. The topological polar surface area (TPSA) is 47.4 Å². The van der Waals surface area contributed by atoms with Crippen LogP contribution in [0.5, 0.6) is 0 Å². The number of carbonyl (C=O) groups is 1. The molecule has 1 saturated heterocycles. The number of amides is 1. The normalized spacial score (nSPS) is 22.1. The molecule has 0 radical (unpaired) electrons. The van der Waals surface area contributed by atoms with Gasteiger partial charge in [-0.1, -0.05) is 10.5 Å². The molecule has 0 aliphatic carbocycles. The summed E-state index contributed by atoms with van der Waals surface area (Å²) in [5.74, 6) is -15.4. The van der Waals surface area contributed by atoms with Crippen molar-refractivity contribution in [1.29, 1.82) is 5.41 Å². The number of thiol groups is 1. The Morgan fingerprint density at radius 1 is 1.03 bits per heavy atom. The molecule has 1 N–H and O–H groups in total. The van der Waals surface area contributed by atoms with Crippen molar-refractivity contribution in [2.75, 3.05) is 7.05 Å². The van der Waals surface area contributed by atoms with E-state index in [1.165, 1.54) is 0 Å². The number of nitrogens with zero attached hydrogens (tertiary/aromatic N) is 2. The van der Waals surface area contributed by atoms with Crippen LogP contribution in [0.15, 0.2) is 23.1 Å². The van der Waals surface area contributed by atoms with Crippen LogP contribution in [0.4, 0.5) is 30.8 Å². The van der Waals surface area contributed by atoms with Crippen LogP contribution in [0.3, 0.4) is 0 Å². The van der Waals surface area contributed by atoms with Crippen molar-refractivity contribution in [3.63, 3.8) is 0 Å². The molecule has 1 heterocycles. The Balaban J connectivity index is 2.43. The minimum atomic E-state index is -2.71. The minimum Gasteiger partial charge on any atom is -0.283 e. The minimum absolute atomic E-state index is 0.322. The molecule has 1 aliphatic heterocycles. The molecular formula is C18H12F7N3OS. The Kier molecular flexibility index (Phi) is 5.25. The second-order valence-electron chi connectivity index (χ2n) is 6.72. The summed E-state index contributed by atoms with van der Waals surface area (Å²) >= 11 is 3.33. The van der Waals surface area contributed by atoms with Gasteiger partial charge in [0.25, 0.3) is 0 Å². The van der Waals surface area contributed by atoms with E-state index in [1.54, 1.807) is 0 Å². The third-order valence-electron chi connectivity index (χ3n) is 5.09. The lowest BCUT2D eigenvalue weighted by molar-refractivity contribution is -0.145.